The normalized spacial score (nSPS) is 15.9. The van der Waals surface area contributed by atoms with Crippen molar-refractivity contribution in [1.82, 2.24) is 5.32 Å². The molecule has 1 unspecified atom stereocenters. The Bertz CT molecular complexity index is 482. The Balaban J connectivity index is 1.89. The molecule has 0 aromatic heterocycles. The van der Waals surface area contributed by atoms with Crippen molar-refractivity contribution < 1.29 is 9.90 Å². The van der Waals surface area contributed by atoms with E-state index in [2.05, 4.69) is 27.7 Å². The molecule has 0 spiro atoms. The number of anilines is 2. The zero-order valence-corrected chi connectivity index (χ0v) is 12.9. The summed E-state index contributed by atoms with van der Waals surface area (Å²) in [5.74, 6) is 0. The highest BCUT2D eigenvalue weighted by Gasteiger charge is 2.13. The van der Waals surface area contributed by atoms with Crippen LogP contribution in [0.5, 0.6) is 0 Å². The molecule has 1 heterocycles. The summed E-state index contributed by atoms with van der Waals surface area (Å²) in [6.45, 7) is 6.41. The monoisotopic (exact) mass is 291 g/mol. The van der Waals surface area contributed by atoms with Crippen LogP contribution in [0.2, 0.25) is 0 Å². The lowest BCUT2D eigenvalue weighted by Crippen LogP contribution is -2.31. The predicted octanol–water partition coefficient (Wildman–Crippen LogP) is 2.49. The lowest BCUT2D eigenvalue weighted by molar-refractivity contribution is 0.184. The molecule has 1 aliphatic rings. The summed E-state index contributed by atoms with van der Waals surface area (Å²) >= 11 is 0. The lowest BCUT2D eigenvalue weighted by Gasteiger charge is -2.19. The topological polar surface area (TPSA) is 64.6 Å². The van der Waals surface area contributed by atoms with Gasteiger partial charge in [-0.2, -0.15) is 0 Å². The number of rotatable bonds is 5. The first-order valence-corrected chi connectivity index (χ1v) is 7.65. The molecular weight excluding hydrogens is 266 g/mol. The fourth-order valence-corrected chi connectivity index (χ4v) is 2.52. The molecule has 1 aliphatic heterocycles. The van der Waals surface area contributed by atoms with Crippen molar-refractivity contribution in [3.63, 3.8) is 0 Å². The number of carbonyl (C=O) groups is 1. The van der Waals surface area contributed by atoms with Crippen LogP contribution in [-0.2, 0) is 0 Å². The fraction of sp³-hybridized carbons (Fsp3) is 0.562. The molecule has 116 valence electrons. The number of benzene rings is 1. The SMILES string of the molecule is Cc1cc(N2CCCC2)ccc1NC(=O)NCCC(C)O. The van der Waals surface area contributed by atoms with Gasteiger partial charge in [-0.1, -0.05) is 0 Å². The van der Waals surface area contributed by atoms with E-state index >= 15 is 0 Å². The van der Waals surface area contributed by atoms with Crippen LogP contribution in [0.4, 0.5) is 16.2 Å². The molecule has 0 saturated carbocycles. The second kappa shape index (κ2) is 7.31. The second-order valence-corrected chi connectivity index (χ2v) is 5.71. The first-order chi connectivity index (χ1) is 10.1. The number of hydrogen-bond donors (Lipinski definition) is 3. The quantitative estimate of drug-likeness (QED) is 0.781. The van der Waals surface area contributed by atoms with Gasteiger partial charge < -0.3 is 20.6 Å². The smallest absolute Gasteiger partial charge is 0.319 e. The third-order valence-corrected chi connectivity index (χ3v) is 3.78. The summed E-state index contributed by atoms with van der Waals surface area (Å²) < 4.78 is 0. The first-order valence-electron chi connectivity index (χ1n) is 7.65. The average molecular weight is 291 g/mol. The van der Waals surface area contributed by atoms with Gasteiger partial charge in [-0.05, 0) is 56.9 Å². The van der Waals surface area contributed by atoms with Crippen molar-refractivity contribution in [1.29, 1.82) is 0 Å². The molecule has 0 bridgehead atoms. The molecule has 2 rings (SSSR count). The van der Waals surface area contributed by atoms with Gasteiger partial charge in [0.05, 0.1) is 6.10 Å². The maximum absolute atomic E-state index is 11.8. The molecule has 5 nitrogen and oxygen atoms in total. The summed E-state index contributed by atoms with van der Waals surface area (Å²) in [5, 5.41) is 14.7. The van der Waals surface area contributed by atoms with Crippen LogP contribution in [0, 0.1) is 6.92 Å². The van der Waals surface area contributed by atoms with E-state index < -0.39 is 6.10 Å². The summed E-state index contributed by atoms with van der Waals surface area (Å²) in [7, 11) is 0. The summed E-state index contributed by atoms with van der Waals surface area (Å²) in [4.78, 5) is 14.1. The summed E-state index contributed by atoms with van der Waals surface area (Å²) in [5.41, 5.74) is 3.11. The zero-order chi connectivity index (χ0) is 15.2. The van der Waals surface area contributed by atoms with Gasteiger partial charge in [0, 0.05) is 31.0 Å². The van der Waals surface area contributed by atoms with Gasteiger partial charge in [0.1, 0.15) is 0 Å². The molecule has 0 radical (unpaired) electrons. The standard InChI is InChI=1S/C16H25N3O2/c1-12-11-14(19-9-3-4-10-19)5-6-15(12)18-16(21)17-8-7-13(2)20/h5-6,11,13,20H,3-4,7-10H2,1-2H3,(H2,17,18,21). The van der Waals surface area contributed by atoms with Crippen molar-refractivity contribution in [3.05, 3.63) is 23.8 Å². The zero-order valence-electron chi connectivity index (χ0n) is 12.9. The summed E-state index contributed by atoms with van der Waals surface area (Å²) in [6.07, 6.45) is 2.67. The molecule has 2 amide bonds. The van der Waals surface area contributed by atoms with Crippen LogP contribution in [0.15, 0.2) is 18.2 Å². The van der Waals surface area contributed by atoms with Crippen molar-refractivity contribution in [2.75, 3.05) is 29.9 Å². The van der Waals surface area contributed by atoms with Crippen LogP contribution < -0.4 is 15.5 Å². The van der Waals surface area contributed by atoms with Crippen molar-refractivity contribution in [2.24, 2.45) is 0 Å². The van der Waals surface area contributed by atoms with Crippen LogP contribution in [0.25, 0.3) is 0 Å². The first kappa shape index (κ1) is 15.6. The minimum Gasteiger partial charge on any atom is -0.393 e. The molecule has 0 aliphatic carbocycles. The van der Waals surface area contributed by atoms with E-state index in [9.17, 15) is 4.79 Å². The number of aliphatic hydroxyl groups is 1. The third kappa shape index (κ3) is 4.63. The minimum atomic E-state index is -0.396. The number of hydrogen-bond acceptors (Lipinski definition) is 3. The van der Waals surface area contributed by atoms with E-state index in [1.165, 1.54) is 18.5 Å². The minimum absolute atomic E-state index is 0.229. The van der Waals surface area contributed by atoms with E-state index in [1.807, 2.05) is 13.0 Å². The molecule has 1 fully saturated rings. The Labute approximate surface area is 126 Å². The van der Waals surface area contributed by atoms with Crippen LogP contribution >= 0.6 is 0 Å². The highest BCUT2D eigenvalue weighted by atomic mass is 16.3. The average Bonchev–Trinajstić information content (AvgIpc) is 2.94. The van der Waals surface area contributed by atoms with E-state index in [0.29, 0.717) is 13.0 Å². The molecule has 3 N–H and O–H groups in total. The Morgan fingerprint density at radius 1 is 1.38 bits per heavy atom. The highest BCUT2D eigenvalue weighted by molar-refractivity contribution is 5.90. The number of nitrogens with one attached hydrogen (secondary N) is 2. The number of aliphatic hydroxyl groups excluding tert-OH is 1. The third-order valence-electron chi connectivity index (χ3n) is 3.78. The van der Waals surface area contributed by atoms with E-state index in [1.54, 1.807) is 6.92 Å². The van der Waals surface area contributed by atoms with Gasteiger partial charge >= 0.3 is 6.03 Å². The van der Waals surface area contributed by atoms with Crippen LogP contribution in [-0.4, -0.2) is 36.9 Å². The van der Waals surface area contributed by atoms with Crippen molar-refractivity contribution >= 4 is 17.4 Å². The largest absolute Gasteiger partial charge is 0.393 e. The van der Waals surface area contributed by atoms with Gasteiger partial charge in [0.2, 0.25) is 0 Å². The van der Waals surface area contributed by atoms with E-state index in [4.69, 9.17) is 5.11 Å². The van der Waals surface area contributed by atoms with Gasteiger partial charge in [-0.25, -0.2) is 4.79 Å². The van der Waals surface area contributed by atoms with Crippen molar-refractivity contribution in [2.45, 2.75) is 39.2 Å². The Kier molecular flexibility index (Phi) is 5.44. The second-order valence-electron chi connectivity index (χ2n) is 5.71. The van der Waals surface area contributed by atoms with E-state index in [0.717, 1.165) is 24.3 Å². The van der Waals surface area contributed by atoms with Crippen LogP contribution in [0.1, 0.15) is 31.7 Å². The Morgan fingerprint density at radius 3 is 2.71 bits per heavy atom. The molecule has 1 saturated heterocycles. The lowest BCUT2D eigenvalue weighted by atomic mass is 10.1. The Hall–Kier alpha value is -1.75. The fourth-order valence-electron chi connectivity index (χ4n) is 2.52. The van der Waals surface area contributed by atoms with Gasteiger partial charge in [0.25, 0.3) is 0 Å². The number of aryl methyl sites for hydroxylation is 1. The van der Waals surface area contributed by atoms with Crippen LogP contribution in [0.3, 0.4) is 0 Å². The van der Waals surface area contributed by atoms with Gasteiger partial charge in [-0.15, -0.1) is 0 Å². The van der Waals surface area contributed by atoms with Crippen molar-refractivity contribution in [3.8, 4) is 0 Å². The molecule has 1 atom stereocenters. The summed E-state index contributed by atoms with van der Waals surface area (Å²) in [6, 6.07) is 5.91. The molecule has 1 aromatic carbocycles. The highest BCUT2D eigenvalue weighted by Crippen LogP contribution is 2.25. The maximum Gasteiger partial charge on any atom is 0.319 e. The predicted molar refractivity (Wildman–Crippen MR) is 85.9 cm³/mol. The number of carbonyl (C=O) groups excluding carboxylic acids is 1. The molecular formula is C16H25N3O2. The van der Waals surface area contributed by atoms with Gasteiger partial charge in [-0.3, -0.25) is 0 Å². The van der Waals surface area contributed by atoms with Gasteiger partial charge in [0.15, 0.2) is 0 Å². The molecule has 21 heavy (non-hydrogen) atoms. The molecule has 5 heteroatoms. The molecule has 1 aromatic rings. The number of urea groups is 1. The Morgan fingerprint density at radius 2 is 2.10 bits per heavy atom. The number of nitrogens with zero attached hydrogens (tertiary/aromatic N) is 1. The van der Waals surface area contributed by atoms with E-state index in [-0.39, 0.29) is 6.03 Å². The maximum atomic E-state index is 11.8. The number of amides is 2.